The third-order valence-electron chi connectivity index (χ3n) is 2.84. The van der Waals surface area contributed by atoms with Gasteiger partial charge in [-0.05, 0) is 43.3 Å². The Kier molecular flexibility index (Phi) is 4.62. The standard InChI is InChI=1S/C16H16N2O3S/c1-12(2)16(19)17-13-8-10-14(11-9-13)18-22(20,21)15-6-4-3-5-7-15/h3-11,18H,1H2,2H3,(H,17,19). The lowest BCUT2D eigenvalue weighted by Gasteiger charge is -2.09. The van der Waals surface area contributed by atoms with Crippen LogP contribution in [-0.2, 0) is 14.8 Å². The number of anilines is 2. The minimum absolute atomic E-state index is 0.190. The Morgan fingerprint density at radius 2 is 1.50 bits per heavy atom. The molecule has 0 saturated carbocycles. The van der Waals surface area contributed by atoms with Crippen LogP contribution < -0.4 is 10.0 Å². The zero-order valence-corrected chi connectivity index (χ0v) is 12.9. The zero-order chi connectivity index (χ0) is 16.2. The minimum Gasteiger partial charge on any atom is -0.322 e. The Morgan fingerprint density at radius 3 is 2.05 bits per heavy atom. The Morgan fingerprint density at radius 1 is 0.955 bits per heavy atom. The van der Waals surface area contributed by atoms with Crippen LogP contribution in [0.3, 0.4) is 0 Å². The maximum Gasteiger partial charge on any atom is 0.261 e. The van der Waals surface area contributed by atoms with E-state index in [9.17, 15) is 13.2 Å². The van der Waals surface area contributed by atoms with Crippen LogP contribution in [0.5, 0.6) is 0 Å². The molecule has 0 heterocycles. The van der Waals surface area contributed by atoms with Crippen LogP contribution in [-0.4, -0.2) is 14.3 Å². The molecule has 0 unspecified atom stereocenters. The van der Waals surface area contributed by atoms with Crippen molar-refractivity contribution in [3.05, 3.63) is 66.7 Å². The molecular weight excluding hydrogens is 300 g/mol. The first-order valence-electron chi connectivity index (χ1n) is 6.53. The fourth-order valence-electron chi connectivity index (χ4n) is 1.67. The number of sulfonamides is 1. The van der Waals surface area contributed by atoms with Crippen molar-refractivity contribution in [2.75, 3.05) is 10.0 Å². The summed E-state index contributed by atoms with van der Waals surface area (Å²) >= 11 is 0. The molecule has 2 aromatic rings. The highest BCUT2D eigenvalue weighted by molar-refractivity contribution is 7.92. The summed E-state index contributed by atoms with van der Waals surface area (Å²) in [6.07, 6.45) is 0. The van der Waals surface area contributed by atoms with Crippen LogP contribution in [0.25, 0.3) is 0 Å². The summed E-state index contributed by atoms with van der Waals surface area (Å²) in [5, 5.41) is 2.65. The highest BCUT2D eigenvalue weighted by Gasteiger charge is 2.13. The van der Waals surface area contributed by atoms with Gasteiger partial charge in [-0.3, -0.25) is 9.52 Å². The molecule has 2 aromatic carbocycles. The molecule has 0 bridgehead atoms. The van der Waals surface area contributed by atoms with Crippen LogP contribution in [0.4, 0.5) is 11.4 Å². The molecule has 0 spiro atoms. The highest BCUT2D eigenvalue weighted by Crippen LogP contribution is 2.18. The summed E-state index contributed by atoms with van der Waals surface area (Å²) in [5.41, 5.74) is 1.38. The van der Waals surface area contributed by atoms with E-state index >= 15 is 0 Å². The van der Waals surface area contributed by atoms with Crippen molar-refractivity contribution in [3.8, 4) is 0 Å². The summed E-state index contributed by atoms with van der Waals surface area (Å²) in [7, 11) is -3.61. The van der Waals surface area contributed by atoms with E-state index in [1.807, 2.05) is 0 Å². The number of hydrogen-bond acceptors (Lipinski definition) is 3. The molecule has 6 heteroatoms. The first-order valence-corrected chi connectivity index (χ1v) is 8.01. The monoisotopic (exact) mass is 316 g/mol. The fourth-order valence-corrected chi connectivity index (χ4v) is 2.75. The Hall–Kier alpha value is -2.60. The molecule has 114 valence electrons. The predicted octanol–water partition coefficient (Wildman–Crippen LogP) is 3.00. The van der Waals surface area contributed by atoms with Crippen LogP contribution in [0.15, 0.2) is 71.6 Å². The van der Waals surface area contributed by atoms with Crippen molar-refractivity contribution in [2.45, 2.75) is 11.8 Å². The number of amides is 1. The maximum absolute atomic E-state index is 12.2. The van der Waals surface area contributed by atoms with Gasteiger partial charge >= 0.3 is 0 Å². The topological polar surface area (TPSA) is 75.3 Å². The lowest BCUT2D eigenvalue weighted by Crippen LogP contribution is -2.13. The molecule has 5 nitrogen and oxygen atoms in total. The van der Waals surface area contributed by atoms with Crippen molar-refractivity contribution in [1.29, 1.82) is 0 Å². The molecule has 0 aliphatic heterocycles. The third-order valence-corrected chi connectivity index (χ3v) is 4.23. The Labute approximate surface area is 129 Å². The molecule has 0 aromatic heterocycles. The molecule has 0 saturated heterocycles. The molecule has 22 heavy (non-hydrogen) atoms. The molecule has 2 rings (SSSR count). The van der Waals surface area contributed by atoms with Gasteiger partial charge in [0.15, 0.2) is 0 Å². The smallest absolute Gasteiger partial charge is 0.261 e. The van der Waals surface area contributed by atoms with E-state index in [4.69, 9.17) is 0 Å². The lowest BCUT2D eigenvalue weighted by molar-refractivity contribution is -0.112. The van der Waals surface area contributed by atoms with Gasteiger partial charge in [0.2, 0.25) is 0 Å². The van der Waals surface area contributed by atoms with E-state index in [1.54, 1.807) is 49.4 Å². The second-order valence-corrected chi connectivity index (χ2v) is 6.41. The van der Waals surface area contributed by atoms with E-state index in [0.717, 1.165) is 0 Å². The number of rotatable bonds is 5. The quantitative estimate of drug-likeness (QED) is 0.833. The Bertz CT molecular complexity index is 782. The van der Waals surface area contributed by atoms with Crippen molar-refractivity contribution >= 4 is 27.3 Å². The molecule has 0 aliphatic rings. The summed E-state index contributed by atoms with van der Waals surface area (Å²) in [6, 6.07) is 14.5. The number of nitrogens with one attached hydrogen (secondary N) is 2. The first-order chi connectivity index (χ1) is 10.4. The van der Waals surface area contributed by atoms with Gasteiger partial charge in [0.05, 0.1) is 4.90 Å². The van der Waals surface area contributed by atoms with Gasteiger partial charge in [0.1, 0.15) is 0 Å². The van der Waals surface area contributed by atoms with Crippen LogP contribution in [0, 0.1) is 0 Å². The molecule has 2 N–H and O–H groups in total. The van der Waals surface area contributed by atoms with Gasteiger partial charge in [-0.1, -0.05) is 24.8 Å². The molecule has 0 fully saturated rings. The number of hydrogen-bond donors (Lipinski definition) is 2. The largest absolute Gasteiger partial charge is 0.322 e. The zero-order valence-electron chi connectivity index (χ0n) is 12.0. The molecule has 0 radical (unpaired) electrons. The molecule has 1 amide bonds. The van der Waals surface area contributed by atoms with E-state index in [1.165, 1.54) is 12.1 Å². The van der Waals surface area contributed by atoms with Gasteiger partial charge in [0, 0.05) is 16.9 Å². The number of benzene rings is 2. The molecular formula is C16H16N2O3S. The third kappa shape index (κ3) is 3.95. The first kappa shape index (κ1) is 15.8. The minimum atomic E-state index is -3.61. The molecule has 0 atom stereocenters. The van der Waals surface area contributed by atoms with E-state index in [2.05, 4.69) is 16.6 Å². The van der Waals surface area contributed by atoms with Crippen molar-refractivity contribution < 1.29 is 13.2 Å². The van der Waals surface area contributed by atoms with Gasteiger partial charge in [-0.15, -0.1) is 0 Å². The average molecular weight is 316 g/mol. The van der Waals surface area contributed by atoms with E-state index in [0.29, 0.717) is 16.9 Å². The second kappa shape index (κ2) is 6.44. The van der Waals surface area contributed by atoms with Crippen molar-refractivity contribution in [3.63, 3.8) is 0 Å². The van der Waals surface area contributed by atoms with Gasteiger partial charge < -0.3 is 5.32 Å². The maximum atomic E-state index is 12.2. The van der Waals surface area contributed by atoms with Crippen LogP contribution >= 0.6 is 0 Å². The van der Waals surface area contributed by atoms with Gasteiger partial charge in [-0.2, -0.15) is 0 Å². The van der Waals surface area contributed by atoms with Crippen LogP contribution in [0.1, 0.15) is 6.92 Å². The SMILES string of the molecule is C=C(C)C(=O)Nc1ccc(NS(=O)(=O)c2ccccc2)cc1. The fraction of sp³-hybridized carbons (Fsp3) is 0.0625. The van der Waals surface area contributed by atoms with Crippen LogP contribution in [0.2, 0.25) is 0 Å². The normalized spacial score (nSPS) is 10.8. The number of carbonyl (C=O) groups is 1. The van der Waals surface area contributed by atoms with Crippen molar-refractivity contribution in [1.82, 2.24) is 0 Å². The number of carbonyl (C=O) groups excluding carboxylic acids is 1. The highest BCUT2D eigenvalue weighted by atomic mass is 32.2. The summed E-state index contributed by atoms with van der Waals surface area (Å²) in [5.74, 6) is -0.280. The van der Waals surface area contributed by atoms with E-state index < -0.39 is 10.0 Å². The molecule has 0 aliphatic carbocycles. The summed E-state index contributed by atoms with van der Waals surface area (Å²) in [4.78, 5) is 11.7. The predicted molar refractivity (Wildman–Crippen MR) is 87.1 cm³/mol. The Balaban J connectivity index is 2.12. The van der Waals surface area contributed by atoms with Gasteiger partial charge in [0.25, 0.3) is 15.9 Å². The van der Waals surface area contributed by atoms with Crippen molar-refractivity contribution in [2.24, 2.45) is 0 Å². The van der Waals surface area contributed by atoms with Gasteiger partial charge in [-0.25, -0.2) is 8.42 Å². The second-order valence-electron chi connectivity index (χ2n) is 4.73. The lowest BCUT2D eigenvalue weighted by atomic mass is 10.2. The summed E-state index contributed by atoms with van der Waals surface area (Å²) in [6.45, 7) is 5.16. The average Bonchev–Trinajstić information content (AvgIpc) is 2.50. The summed E-state index contributed by atoms with van der Waals surface area (Å²) < 4.78 is 26.8. The van der Waals surface area contributed by atoms with E-state index in [-0.39, 0.29) is 10.8 Å².